The molecular weight excluding hydrogens is 214 g/mol. The number of rotatable bonds is 4. The molecule has 0 atom stereocenters. The van der Waals surface area contributed by atoms with Gasteiger partial charge in [-0.2, -0.15) is 0 Å². The number of aliphatic hydroxyl groups excluding tert-OH is 1. The van der Waals surface area contributed by atoms with Crippen molar-refractivity contribution in [3.8, 4) is 0 Å². The number of nitrogens with zero attached hydrogens (tertiary/aromatic N) is 1. The van der Waals surface area contributed by atoms with Crippen molar-refractivity contribution in [2.24, 2.45) is 0 Å². The Labute approximate surface area is 90.6 Å². The first-order valence-corrected chi connectivity index (χ1v) is 4.33. The zero-order valence-electron chi connectivity index (χ0n) is 8.16. The van der Waals surface area contributed by atoms with E-state index in [1.165, 1.54) is 24.3 Å². The monoisotopic (exact) mass is 223 g/mol. The van der Waals surface area contributed by atoms with Crippen LogP contribution in [0.4, 0.5) is 5.69 Å². The van der Waals surface area contributed by atoms with Crippen molar-refractivity contribution in [2.45, 2.75) is 6.61 Å². The highest BCUT2D eigenvalue weighted by atomic mass is 16.6. The molecule has 0 aliphatic carbocycles. The number of benzene rings is 1. The highest BCUT2D eigenvalue weighted by Gasteiger charge is 2.12. The molecule has 0 aliphatic heterocycles. The molecule has 6 nitrogen and oxygen atoms in total. The first-order chi connectivity index (χ1) is 7.54. The Balaban J connectivity index is 3.09. The van der Waals surface area contributed by atoms with E-state index in [2.05, 4.69) is 0 Å². The fraction of sp³-hybridized carbons (Fsp3) is 0.100. The van der Waals surface area contributed by atoms with Crippen LogP contribution in [0.5, 0.6) is 0 Å². The molecule has 0 radical (unpaired) electrons. The number of aliphatic hydroxyl groups is 1. The molecule has 0 heterocycles. The molecule has 0 aliphatic rings. The molecule has 6 heteroatoms. The number of carboxylic acid groups (broad SMARTS) is 1. The molecule has 0 bridgehead atoms. The maximum Gasteiger partial charge on any atom is 0.328 e. The molecule has 0 unspecified atom stereocenters. The molecule has 0 aromatic heterocycles. The van der Waals surface area contributed by atoms with Crippen molar-refractivity contribution in [3.05, 3.63) is 45.5 Å². The maximum absolute atomic E-state index is 10.5. The van der Waals surface area contributed by atoms with Crippen LogP contribution in [-0.2, 0) is 11.4 Å². The van der Waals surface area contributed by atoms with Crippen LogP contribution in [0.1, 0.15) is 11.1 Å². The smallest absolute Gasteiger partial charge is 0.328 e. The summed E-state index contributed by atoms with van der Waals surface area (Å²) in [5.41, 5.74) is 0.449. The van der Waals surface area contributed by atoms with Crippen molar-refractivity contribution in [2.75, 3.05) is 0 Å². The second-order valence-electron chi connectivity index (χ2n) is 2.97. The van der Waals surface area contributed by atoms with E-state index in [9.17, 15) is 14.9 Å². The van der Waals surface area contributed by atoms with Gasteiger partial charge in [0.1, 0.15) is 0 Å². The minimum atomic E-state index is -1.11. The summed E-state index contributed by atoms with van der Waals surface area (Å²) in [6.45, 7) is -0.467. The van der Waals surface area contributed by atoms with Gasteiger partial charge in [-0.15, -0.1) is 0 Å². The van der Waals surface area contributed by atoms with Gasteiger partial charge in [0.2, 0.25) is 0 Å². The van der Waals surface area contributed by atoms with Crippen molar-refractivity contribution < 1.29 is 19.9 Å². The molecular formula is C10H9NO5. The van der Waals surface area contributed by atoms with Gasteiger partial charge in [-0.3, -0.25) is 10.1 Å². The van der Waals surface area contributed by atoms with Crippen LogP contribution < -0.4 is 0 Å². The Bertz CT molecular complexity index is 453. The van der Waals surface area contributed by atoms with Crippen LogP contribution in [0, 0.1) is 10.1 Å². The summed E-state index contributed by atoms with van der Waals surface area (Å²) in [5.74, 6) is -1.11. The van der Waals surface area contributed by atoms with Crippen LogP contribution in [0.15, 0.2) is 24.3 Å². The van der Waals surface area contributed by atoms with Gasteiger partial charge in [-0.05, 0) is 23.8 Å². The SMILES string of the molecule is O=C(O)C=Cc1ccc([N+](=O)[O-])c(CO)c1. The average molecular weight is 223 g/mol. The van der Waals surface area contributed by atoms with E-state index in [-0.39, 0.29) is 11.3 Å². The third-order valence-electron chi connectivity index (χ3n) is 1.89. The first-order valence-electron chi connectivity index (χ1n) is 4.33. The molecule has 1 rings (SSSR count). The Kier molecular flexibility index (Phi) is 3.73. The predicted octanol–water partition coefficient (Wildman–Crippen LogP) is 1.18. The van der Waals surface area contributed by atoms with E-state index in [1.54, 1.807) is 0 Å². The minimum Gasteiger partial charge on any atom is -0.478 e. The Morgan fingerprint density at radius 1 is 1.50 bits per heavy atom. The summed E-state index contributed by atoms with van der Waals surface area (Å²) in [6, 6.07) is 4.02. The van der Waals surface area contributed by atoms with E-state index >= 15 is 0 Å². The normalized spacial score (nSPS) is 10.6. The summed E-state index contributed by atoms with van der Waals surface area (Å²) in [4.78, 5) is 20.2. The molecule has 0 amide bonds. The van der Waals surface area contributed by atoms with Crippen LogP contribution in [0.3, 0.4) is 0 Å². The Hall–Kier alpha value is -2.21. The Morgan fingerprint density at radius 2 is 2.19 bits per heavy atom. The molecule has 2 N–H and O–H groups in total. The van der Waals surface area contributed by atoms with Gasteiger partial charge in [0.05, 0.1) is 17.1 Å². The van der Waals surface area contributed by atoms with Crippen molar-refractivity contribution in [3.63, 3.8) is 0 Å². The average Bonchev–Trinajstić information content (AvgIpc) is 2.25. The lowest BCUT2D eigenvalue weighted by Crippen LogP contribution is -1.95. The van der Waals surface area contributed by atoms with Gasteiger partial charge in [0.25, 0.3) is 5.69 Å². The summed E-state index contributed by atoms with van der Waals surface area (Å²) in [6.07, 6.45) is 2.22. The third kappa shape index (κ3) is 2.89. The topological polar surface area (TPSA) is 101 Å². The number of aliphatic carboxylic acids is 1. The summed E-state index contributed by atoms with van der Waals surface area (Å²) >= 11 is 0. The van der Waals surface area contributed by atoms with Crippen LogP contribution in [-0.4, -0.2) is 21.1 Å². The lowest BCUT2D eigenvalue weighted by Gasteiger charge is -2.00. The molecule has 0 spiro atoms. The second kappa shape index (κ2) is 5.04. The molecule has 0 saturated carbocycles. The van der Waals surface area contributed by atoms with Gasteiger partial charge in [-0.25, -0.2) is 4.79 Å². The highest BCUT2D eigenvalue weighted by molar-refractivity contribution is 5.85. The van der Waals surface area contributed by atoms with Gasteiger partial charge < -0.3 is 10.2 Å². The Morgan fingerprint density at radius 3 is 2.69 bits per heavy atom. The van der Waals surface area contributed by atoms with Crippen molar-refractivity contribution >= 4 is 17.7 Å². The number of nitro groups is 1. The number of hydrogen-bond acceptors (Lipinski definition) is 4. The fourth-order valence-electron chi connectivity index (χ4n) is 1.18. The van der Waals surface area contributed by atoms with Gasteiger partial charge >= 0.3 is 5.97 Å². The number of hydrogen-bond donors (Lipinski definition) is 2. The summed E-state index contributed by atoms with van der Waals surface area (Å²) in [5, 5.41) is 27.9. The lowest BCUT2D eigenvalue weighted by atomic mass is 10.1. The van der Waals surface area contributed by atoms with E-state index in [0.29, 0.717) is 5.56 Å². The van der Waals surface area contributed by atoms with Gasteiger partial charge in [-0.1, -0.05) is 0 Å². The van der Waals surface area contributed by atoms with E-state index in [4.69, 9.17) is 10.2 Å². The third-order valence-corrected chi connectivity index (χ3v) is 1.89. The number of nitro benzene ring substituents is 1. The van der Waals surface area contributed by atoms with Gasteiger partial charge in [0.15, 0.2) is 0 Å². The minimum absolute atomic E-state index is 0.150. The van der Waals surface area contributed by atoms with E-state index in [1.807, 2.05) is 0 Å². The maximum atomic E-state index is 10.5. The predicted molar refractivity (Wildman–Crippen MR) is 55.7 cm³/mol. The van der Waals surface area contributed by atoms with E-state index < -0.39 is 17.5 Å². The number of carboxylic acids is 1. The molecule has 1 aromatic rings. The first kappa shape index (κ1) is 11.9. The lowest BCUT2D eigenvalue weighted by molar-refractivity contribution is -0.385. The van der Waals surface area contributed by atoms with Crippen LogP contribution in [0.25, 0.3) is 6.08 Å². The van der Waals surface area contributed by atoms with Gasteiger partial charge in [0, 0.05) is 12.1 Å². The summed E-state index contributed by atoms with van der Waals surface area (Å²) < 4.78 is 0. The van der Waals surface area contributed by atoms with E-state index in [0.717, 1.165) is 6.08 Å². The van der Waals surface area contributed by atoms with Crippen molar-refractivity contribution in [1.29, 1.82) is 0 Å². The summed E-state index contributed by atoms with van der Waals surface area (Å²) in [7, 11) is 0. The second-order valence-corrected chi connectivity index (χ2v) is 2.97. The van der Waals surface area contributed by atoms with Crippen molar-refractivity contribution in [1.82, 2.24) is 0 Å². The molecule has 16 heavy (non-hydrogen) atoms. The van der Waals surface area contributed by atoms with Crippen LogP contribution >= 0.6 is 0 Å². The molecule has 84 valence electrons. The quantitative estimate of drug-likeness (QED) is 0.453. The standard InChI is InChI=1S/C10H9NO5/c12-6-8-5-7(2-4-10(13)14)1-3-9(8)11(15)16/h1-5,12H,6H2,(H,13,14). The van der Waals surface area contributed by atoms with Crippen LogP contribution in [0.2, 0.25) is 0 Å². The number of carbonyl (C=O) groups is 1. The molecule has 1 aromatic carbocycles. The fourth-order valence-corrected chi connectivity index (χ4v) is 1.18. The molecule has 0 saturated heterocycles. The zero-order valence-corrected chi connectivity index (χ0v) is 8.16. The largest absolute Gasteiger partial charge is 0.478 e. The highest BCUT2D eigenvalue weighted by Crippen LogP contribution is 2.20. The zero-order chi connectivity index (χ0) is 12.1. The molecule has 0 fully saturated rings.